The van der Waals surface area contributed by atoms with E-state index in [1.165, 1.54) is 6.20 Å². The van der Waals surface area contributed by atoms with E-state index < -0.39 is 0 Å². The Balaban J connectivity index is 2.15. The van der Waals surface area contributed by atoms with Gasteiger partial charge in [-0.15, -0.1) is 0 Å². The minimum absolute atomic E-state index is 0.263. The van der Waals surface area contributed by atoms with Gasteiger partial charge in [-0.2, -0.15) is 0 Å². The summed E-state index contributed by atoms with van der Waals surface area (Å²) in [6.45, 7) is 0.944. The molecule has 0 saturated heterocycles. The van der Waals surface area contributed by atoms with E-state index in [9.17, 15) is 0 Å². The molecule has 0 amide bonds. The Hall–Kier alpha value is -2.71. The van der Waals surface area contributed by atoms with Crippen molar-refractivity contribution >= 4 is 29.3 Å². The van der Waals surface area contributed by atoms with Gasteiger partial charge in [-0.3, -0.25) is 0 Å². The fourth-order valence-electron chi connectivity index (χ4n) is 1.97. The molecule has 0 spiro atoms. The molecular weight excluding hydrogens is 346 g/mol. The number of hydrogen-bond acceptors (Lipinski definition) is 8. The number of allylic oxidation sites excluding steroid dienone is 3. The molecule has 0 radical (unpaired) electrons. The second-order valence-electron chi connectivity index (χ2n) is 4.84. The first-order valence-corrected chi connectivity index (χ1v) is 7.79. The first-order chi connectivity index (χ1) is 12.1. The van der Waals surface area contributed by atoms with Crippen LogP contribution in [0.4, 0.5) is 11.5 Å². The van der Waals surface area contributed by atoms with E-state index >= 15 is 0 Å². The highest BCUT2D eigenvalue weighted by molar-refractivity contribution is 6.35. The second kappa shape index (κ2) is 8.95. The molecule has 0 aliphatic carbocycles. The van der Waals surface area contributed by atoms with E-state index in [1.54, 1.807) is 32.5 Å². The summed E-state index contributed by atoms with van der Waals surface area (Å²) in [5, 5.41) is 13.8. The predicted octanol–water partition coefficient (Wildman–Crippen LogP) is 2.26. The summed E-state index contributed by atoms with van der Waals surface area (Å²) in [4.78, 5) is 4.02. The standard InChI is InChI=1S/C16H20ClN5O3/c1-20-15-14(17)13(9-22-16(15)19)25-12(7-18)11-4-3-10(8-21-11)24-6-5-23-2/h3-4,7-9,18,20-21H,5-6H2,1-2H3,(H2,19,22)/b12-11+,18-7?. The van der Waals surface area contributed by atoms with Crippen molar-refractivity contribution in [3.63, 3.8) is 0 Å². The predicted molar refractivity (Wildman–Crippen MR) is 97.8 cm³/mol. The third-order valence-electron chi connectivity index (χ3n) is 3.22. The van der Waals surface area contributed by atoms with E-state index in [1.807, 2.05) is 0 Å². The number of methoxy groups -OCH3 is 1. The lowest BCUT2D eigenvalue weighted by Gasteiger charge is -2.16. The Kier molecular flexibility index (Phi) is 6.67. The van der Waals surface area contributed by atoms with E-state index in [4.69, 9.17) is 37.0 Å². The summed E-state index contributed by atoms with van der Waals surface area (Å²) in [5.41, 5.74) is 6.79. The van der Waals surface area contributed by atoms with Gasteiger partial charge in [0.05, 0.1) is 30.4 Å². The van der Waals surface area contributed by atoms with Gasteiger partial charge in [0.25, 0.3) is 0 Å². The van der Waals surface area contributed by atoms with Crippen LogP contribution in [-0.4, -0.2) is 38.6 Å². The largest absolute Gasteiger partial charge is 0.490 e. The molecule has 0 fully saturated rings. The van der Waals surface area contributed by atoms with Crippen molar-refractivity contribution in [3.8, 4) is 5.75 Å². The number of aromatic nitrogens is 1. The lowest BCUT2D eigenvalue weighted by atomic mass is 10.2. The summed E-state index contributed by atoms with van der Waals surface area (Å²) in [7, 11) is 3.29. The molecule has 8 nitrogen and oxygen atoms in total. The van der Waals surface area contributed by atoms with Crippen LogP contribution in [0, 0.1) is 5.41 Å². The molecule has 25 heavy (non-hydrogen) atoms. The van der Waals surface area contributed by atoms with Gasteiger partial charge in [0.15, 0.2) is 11.5 Å². The minimum Gasteiger partial charge on any atom is -0.490 e. The monoisotopic (exact) mass is 365 g/mol. The van der Waals surface area contributed by atoms with Crippen molar-refractivity contribution in [2.75, 3.05) is 38.4 Å². The third kappa shape index (κ3) is 4.65. The van der Waals surface area contributed by atoms with Crippen molar-refractivity contribution < 1.29 is 14.2 Å². The lowest BCUT2D eigenvalue weighted by molar-refractivity contribution is 0.114. The van der Waals surface area contributed by atoms with Crippen LogP contribution >= 0.6 is 11.6 Å². The normalized spacial score (nSPS) is 15.1. The van der Waals surface area contributed by atoms with Gasteiger partial charge >= 0.3 is 0 Å². The molecule has 1 aliphatic rings. The molecule has 2 rings (SSSR count). The van der Waals surface area contributed by atoms with Crippen LogP contribution in [0.2, 0.25) is 5.02 Å². The summed E-state index contributed by atoms with van der Waals surface area (Å²) in [6, 6.07) is 0. The number of nitrogens with two attached hydrogens (primary N) is 1. The number of nitrogen functional groups attached to an aromatic ring is 1. The smallest absolute Gasteiger partial charge is 0.168 e. The summed E-state index contributed by atoms with van der Waals surface area (Å²) >= 11 is 6.26. The molecule has 0 saturated carbocycles. The number of rotatable bonds is 8. The van der Waals surface area contributed by atoms with E-state index in [0.29, 0.717) is 30.4 Å². The average molecular weight is 366 g/mol. The molecule has 9 heteroatoms. The maximum atomic E-state index is 7.59. The van der Waals surface area contributed by atoms with E-state index in [2.05, 4.69) is 15.6 Å². The van der Waals surface area contributed by atoms with E-state index in [-0.39, 0.29) is 22.3 Å². The molecule has 2 heterocycles. The zero-order valence-corrected chi connectivity index (χ0v) is 14.7. The first-order valence-electron chi connectivity index (χ1n) is 7.41. The molecule has 0 atom stereocenters. The number of anilines is 2. The number of nitrogens with zero attached hydrogens (tertiary/aromatic N) is 1. The number of pyridine rings is 1. The molecule has 1 aliphatic heterocycles. The van der Waals surface area contributed by atoms with Gasteiger partial charge in [0.1, 0.15) is 23.2 Å². The van der Waals surface area contributed by atoms with Crippen LogP contribution in [0.3, 0.4) is 0 Å². The topological polar surface area (TPSA) is 115 Å². The molecule has 0 bridgehead atoms. The second-order valence-corrected chi connectivity index (χ2v) is 5.21. The van der Waals surface area contributed by atoms with Gasteiger partial charge in [0, 0.05) is 20.4 Å². The van der Waals surface area contributed by atoms with Crippen molar-refractivity contribution in [1.82, 2.24) is 10.3 Å². The quantitative estimate of drug-likeness (QED) is 0.317. The number of halogens is 1. The van der Waals surface area contributed by atoms with Gasteiger partial charge in [-0.25, -0.2) is 4.98 Å². The Morgan fingerprint density at radius 3 is 2.84 bits per heavy atom. The first kappa shape index (κ1) is 18.6. The average Bonchev–Trinajstić information content (AvgIpc) is 2.63. The molecule has 134 valence electrons. The van der Waals surface area contributed by atoms with Crippen LogP contribution in [0.1, 0.15) is 0 Å². The van der Waals surface area contributed by atoms with Gasteiger partial charge in [-0.05, 0) is 12.2 Å². The van der Waals surface area contributed by atoms with Crippen molar-refractivity contribution in [1.29, 1.82) is 5.41 Å². The lowest BCUT2D eigenvalue weighted by Crippen LogP contribution is -2.16. The summed E-state index contributed by atoms with van der Waals surface area (Å²) < 4.78 is 16.1. The van der Waals surface area contributed by atoms with Gasteiger partial charge in [-0.1, -0.05) is 11.6 Å². The number of nitrogens with one attached hydrogen (secondary N) is 3. The Morgan fingerprint density at radius 1 is 1.44 bits per heavy atom. The Morgan fingerprint density at radius 2 is 2.24 bits per heavy atom. The number of dihydropyridines is 1. The van der Waals surface area contributed by atoms with Crippen LogP contribution in [-0.2, 0) is 9.47 Å². The van der Waals surface area contributed by atoms with Crippen molar-refractivity contribution in [2.24, 2.45) is 0 Å². The SMILES string of the molecule is CNc1c(N)ncc(O/C(C=N)=C2\C=CC(OCCOC)=CN2)c1Cl. The third-order valence-corrected chi connectivity index (χ3v) is 3.59. The highest BCUT2D eigenvalue weighted by Crippen LogP contribution is 2.35. The van der Waals surface area contributed by atoms with Crippen LogP contribution < -0.4 is 21.1 Å². The molecule has 0 aromatic carbocycles. The Labute approximate surface area is 150 Å². The number of ether oxygens (including phenoxy) is 3. The van der Waals surface area contributed by atoms with Gasteiger partial charge in [0.2, 0.25) is 0 Å². The van der Waals surface area contributed by atoms with Crippen molar-refractivity contribution in [2.45, 2.75) is 0 Å². The summed E-state index contributed by atoms with van der Waals surface area (Å²) in [5.74, 6) is 1.46. The highest BCUT2D eigenvalue weighted by Gasteiger charge is 2.15. The molecular formula is C16H20ClN5O3. The van der Waals surface area contributed by atoms with E-state index in [0.717, 1.165) is 6.21 Å². The summed E-state index contributed by atoms with van der Waals surface area (Å²) in [6.07, 6.45) is 7.64. The van der Waals surface area contributed by atoms with Crippen molar-refractivity contribution in [3.05, 3.63) is 46.8 Å². The molecule has 1 aromatic heterocycles. The van der Waals surface area contributed by atoms with Crippen LogP contribution in [0.5, 0.6) is 5.75 Å². The fourth-order valence-corrected chi connectivity index (χ4v) is 2.25. The van der Waals surface area contributed by atoms with Crippen LogP contribution in [0.15, 0.2) is 41.8 Å². The maximum Gasteiger partial charge on any atom is 0.168 e. The van der Waals surface area contributed by atoms with Gasteiger partial charge < -0.3 is 36.0 Å². The zero-order valence-electron chi connectivity index (χ0n) is 13.9. The van der Waals surface area contributed by atoms with Crippen LogP contribution in [0.25, 0.3) is 0 Å². The molecule has 0 unspecified atom stereocenters. The minimum atomic E-state index is 0.263. The Bertz CT molecular complexity index is 731. The number of hydrogen-bond donors (Lipinski definition) is 4. The molecule has 5 N–H and O–H groups in total. The zero-order chi connectivity index (χ0) is 18.2. The fraction of sp³-hybridized carbons (Fsp3) is 0.250. The highest BCUT2D eigenvalue weighted by atomic mass is 35.5. The maximum absolute atomic E-state index is 7.59. The molecule has 1 aromatic rings.